The third kappa shape index (κ3) is 4.63. The molecule has 2 N–H and O–H groups in total. The van der Waals surface area contributed by atoms with Gasteiger partial charge in [-0.2, -0.15) is 0 Å². The Kier molecular flexibility index (Phi) is 5.44. The molecule has 0 aliphatic carbocycles. The second kappa shape index (κ2) is 7.31. The van der Waals surface area contributed by atoms with Crippen LogP contribution in [0.5, 0.6) is 5.75 Å². The molecule has 2 aromatic rings. The molecule has 1 amide bonds. The summed E-state index contributed by atoms with van der Waals surface area (Å²) in [4.78, 5) is 12.1. The average molecular weight is 326 g/mol. The number of carbonyl (C=O) groups is 1. The van der Waals surface area contributed by atoms with E-state index in [0.29, 0.717) is 27.0 Å². The molecule has 0 aliphatic rings. The molecule has 4 nitrogen and oxygen atoms in total. The highest BCUT2D eigenvalue weighted by Crippen LogP contribution is 2.23. The summed E-state index contributed by atoms with van der Waals surface area (Å²) in [5.41, 5.74) is 1.00. The maximum atomic E-state index is 12.1. The van der Waals surface area contributed by atoms with Crippen molar-refractivity contribution in [2.75, 3.05) is 18.5 Å². The van der Waals surface area contributed by atoms with Crippen LogP contribution in [0.4, 0.5) is 5.69 Å². The van der Waals surface area contributed by atoms with Gasteiger partial charge in [-0.25, -0.2) is 0 Å². The number of aliphatic hydroxyl groups excluding tert-OH is 1. The van der Waals surface area contributed by atoms with Gasteiger partial charge in [0, 0.05) is 21.3 Å². The molecule has 2 rings (SSSR count). The number of benzene rings is 2. The second-order valence-corrected chi connectivity index (χ2v) is 5.08. The molecule has 2 aromatic carbocycles. The van der Waals surface area contributed by atoms with Gasteiger partial charge in [0.1, 0.15) is 12.4 Å². The fraction of sp³-hybridized carbons (Fsp3) is 0.133. The summed E-state index contributed by atoms with van der Waals surface area (Å²) < 4.78 is 5.22. The summed E-state index contributed by atoms with van der Waals surface area (Å²) in [7, 11) is 0. The summed E-state index contributed by atoms with van der Waals surface area (Å²) in [6, 6.07) is 11.4. The number of nitrogens with one attached hydrogen (secondary N) is 1. The molecule has 0 aromatic heterocycles. The van der Waals surface area contributed by atoms with E-state index < -0.39 is 0 Å². The van der Waals surface area contributed by atoms with Gasteiger partial charge in [0.15, 0.2) is 0 Å². The number of anilines is 1. The lowest BCUT2D eigenvalue weighted by Crippen LogP contribution is -2.11. The molecule has 0 heterocycles. The number of hydrogen-bond acceptors (Lipinski definition) is 3. The van der Waals surface area contributed by atoms with Crippen LogP contribution in [0.2, 0.25) is 10.0 Å². The largest absolute Gasteiger partial charge is 0.491 e. The van der Waals surface area contributed by atoms with Gasteiger partial charge in [-0.05, 0) is 42.5 Å². The Bertz CT molecular complexity index is 609. The van der Waals surface area contributed by atoms with Gasteiger partial charge in [0.2, 0.25) is 0 Å². The lowest BCUT2D eigenvalue weighted by atomic mass is 10.2. The highest BCUT2D eigenvalue weighted by Gasteiger charge is 2.07. The number of hydrogen-bond donors (Lipinski definition) is 2. The highest BCUT2D eigenvalue weighted by atomic mass is 35.5. The topological polar surface area (TPSA) is 58.6 Å². The van der Waals surface area contributed by atoms with Gasteiger partial charge >= 0.3 is 0 Å². The number of carbonyl (C=O) groups excluding carboxylic acids is 1. The molecule has 0 spiro atoms. The summed E-state index contributed by atoms with van der Waals surface area (Å²) >= 11 is 11.8. The highest BCUT2D eigenvalue weighted by molar-refractivity contribution is 6.35. The first-order chi connectivity index (χ1) is 10.1. The van der Waals surface area contributed by atoms with E-state index in [1.807, 2.05) is 0 Å². The van der Waals surface area contributed by atoms with Gasteiger partial charge in [-0.15, -0.1) is 0 Å². The van der Waals surface area contributed by atoms with Crippen LogP contribution in [-0.2, 0) is 0 Å². The van der Waals surface area contributed by atoms with Crippen molar-refractivity contribution in [1.29, 1.82) is 0 Å². The molecular formula is C15H13Cl2NO3. The van der Waals surface area contributed by atoms with Crippen molar-refractivity contribution in [3.8, 4) is 5.75 Å². The van der Waals surface area contributed by atoms with E-state index in [4.69, 9.17) is 33.0 Å². The fourth-order valence-electron chi connectivity index (χ4n) is 1.70. The summed E-state index contributed by atoms with van der Waals surface area (Å²) in [6.45, 7) is 0.157. The minimum Gasteiger partial charge on any atom is -0.491 e. The first-order valence-corrected chi connectivity index (χ1v) is 6.95. The van der Waals surface area contributed by atoms with Crippen molar-refractivity contribution in [1.82, 2.24) is 0 Å². The molecule has 0 saturated heterocycles. The zero-order chi connectivity index (χ0) is 15.2. The first-order valence-electron chi connectivity index (χ1n) is 6.19. The van der Waals surface area contributed by atoms with Crippen molar-refractivity contribution < 1.29 is 14.6 Å². The molecule has 0 fully saturated rings. The maximum absolute atomic E-state index is 12.1. The Morgan fingerprint density at radius 3 is 2.29 bits per heavy atom. The van der Waals surface area contributed by atoms with E-state index >= 15 is 0 Å². The molecule has 0 bridgehead atoms. The van der Waals surface area contributed by atoms with Crippen LogP contribution in [-0.4, -0.2) is 24.2 Å². The van der Waals surface area contributed by atoms with Crippen LogP contribution in [0.3, 0.4) is 0 Å². The monoisotopic (exact) mass is 325 g/mol. The second-order valence-electron chi connectivity index (χ2n) is 4.21. The maximum Gasteiger partial charge on any atom is 0.255 e. The fourth-order valence-corrected chi connectivity index (χ4v) is 2.22. The van der Waals surface area contributed by atoms with Crippen molar-refractivity contribution in [2.45, 2.75) is 0 Å². The normalized spacial score (nSPS) is 10.2. The zero-order valence-electron chi connectivity index (χ0n) is 11.0. The van der Waals surface area contributed by atoms with Gasteiger partial charge < -0.3 is 15.2 Å². The Labute approximate surface area is 132 Å². The van der Waals surface area contributed by atoms with Crippen LogP contribution >= 0.6 is 23.2 Å². The number of halogens is 2. The molecule has 0 saturated carbocycles. The van der Waals surface area contributed by atoms with E-state index in [1.54, 1.807) is 42.5 Å². The number of ether oxygens (including phenoxy) is 1. The third-order valence-corrected chi connectivity index (χ3v) is 3.03. The van der Waals surface area contributed by atoms with E-state index in [-0.39, 0.29) is 19.1 Å². The van der Waals surface area contributed by atoms with E-state index in [2.05, 4.69) is 5.32 Å². The van der Waals surface area contributed by atoms with Crippen molar-refractivity contribution in [3.05, 3.63) is 58.1 Å². The van der Waals surface area contributed by atoms with Crippen LogP contribution in [0.25, 0.3) is 0 Å². The quantitative estimate of drug-likeness (QED) is 0.882. The minimum atomic E-state index is -0.276. The van der Waals surface area contributed by atoms with Gasteiger partial charge in [-0.1, -0.05) is 23.2 Å². The molecule has 0 aliphatic heterocycles. The molecule has 0 unspecified atom stereocenters. The van der Waals surface area contributed by atoms with E-state index in [0.717, 1.165) is 0 Å². The summed E-state index contributed by atoms with van der Waals surface area (Å²) in [6.07, 6.45) is 0. The standard InChI is InChI=1S/C15H13Cl2NO3/c16-11-7-12(17)9-13(8-11)18-15(20)10-1-3-14(4-2-10)21-6-5-19/h1-4,7-9,19H,5-6H2,(H,18,20). The van der Waals surface area contributed by atoms with Crippen LogP contribution < -0.4 is 10.1 Å². The van der Waals surface area contributed by atoms with Crippen molar-refractivity contribution >= 4 is 34.8 Å². The lowest BCUT2D eigenvalue weighted by molar-refractivity contribution is 0.102. The first kappa shape index (κ1) is 15.6. The van der Waals surface area contributed by atoms with Crippen LogP contribution in [0, 0.1) is 0 Å². The minimum absolute atomic E-state index is 0.0578. The molecular weight excluding hydrogens is 313 g/mol. The molecule has 110 valence electrons. The van der Waals surface area contributed by atoms with Crippen LogP contribution in [0.1, 0.15) is 10.4 Å². The van der Waals surface area contributed by atoms with Gasteiger partial charge in [0.05, 0.1) is 6.61 Å². The summed E-state index contributed by atoms with van der Waals surface area (Å²) in [5, 5.41) is 12.3. The predicted octanol–water partition coefficient (Wildman–Crippen LogP) is 3.62. The zero-order valence-corrected chi connectivity index (χ0v) is 12.5. The van der Waals surface area contributed by atoms with E-state index in [1.165, 1.54) is 0 Å². The number of rotatable bonds is 5. The van der Waals surface area contributed by atoms with Gasteiger partial charge in [-0.3, -0.25) is 4.79 Å². The van der Waals surface area contributed by atoms with Crippen LogP contribution in [0.15, 0.2) is 42.5 Å². The molecule has 6 heteroatoms. The summed E-state index contributed by atoms with van der Waals surface area (Å²) in [5.74, 6) is 0.313. The molecule has 21 heavy (non-hydrogen) atoms. The molecule has 0 radical (unpaired) electrons. The van der Waals surface area contributed by atoms with Crippen molar-refractivity contribution in [3.63, 3.8) is 0 Å². The molecule has 0 atom stereocenters. The average Bonchev–Trinajstić information content (AvgIpc) is 2.44. The predicted molar refractivity (Wildman–Crippen MR) is 83.4 cm³/mol. The van der Waals surface area contributed by atoms with Gasteiger partial charge in [0.25, 0.3) is 5.91 Å². The smallest absolute Gasteiger partial charge is 0.255 e. The number of aliphatic hydroxyl groups is 1. The Hall–Kier alpha value is -1.75. The van der Waals surface area contributed by atoms with Crippen molar-refractivity contribution in [2.24, 2.45) is 0 Å². The Morgan fingerprint density at radius 1 is 1.10 bits per heavy atom. The Balaban J connectivity index is 2.06. The lowest BCUT2D eigenvalue weighted by Gasteiger charge is -2.08. The SMILES string of the molecule is O=C(Nc1cc(Cl)cc(Cl)c1)c1ccc(OCCO)cc1. The number of amides is 1. The van der Waals surface area contributed by atoms with E-state index in [9.17, 15) is 4.79 Å². The Morgan fingerprint density at radius 2 is 1.71 bits per heavy atom. The third-order valence-electron chi connectivity index (χ3n) is 2.60.